The van der Waals surface area contributed by atoms with Crippen molar-refractivity contribution in [1.82, 2.24) is 0 Å². The molecular weight excluding hydrogens is 246 g/mol. The summed E-state index contributed by atoms with van der Waals surface area (Å²) in [5, 5.41) is 19.3. The highest BCUT2D eigenvalue weighted by Crippen LogP contribution is 2.19. The van der Waals surface area contributed by atoms with Crippen LogP contribution in [-0.2, 0) is 0 Å². The number of nitrogens with zero attached hydrogens (tertiary/aromatic N) is 4. The van der Waals surface area contributed by atoms with Crippen LogP contribution in [-0.4, -0.2) is 4.92 Å². The van der Waals surface area contributed by atoms with Crippen LogP contribution in [0.4, 0.5) is 17.1 Å². The first-order valence-electron chi connectivity index (χ1n) is 5.43. The Balaban J connectivity index is 2.08. The van der Waals surface area contributed by atoms with Crippen molar-refractivity contribution >= 4 is 17.1 Å². The van der Waals surface area contributed by atoms with E-state index in [4.69, 9.17) is 5.84 Å². The van der Waals surface area contributed by atoms with E-state index in [-0.39, 0.29) is 5.69 Å². The second-order valence-electron chi connectivity index (χ2n) is 3.64. The summed E-state index contributed by atoms with van der Waals surface area (Å²) in [6, 6.07) is 14.8. The van der Waals surface area contributed by atoms with Crippen LogP contribution in [0.5, 0.6) is 0 Å². The lowest BCUT2D eigenvalue weighted by atomic mass is 10.3. The Morgan fingerprint density at radius 1 is 1.05 bits per heavy atom. The van der Waals surface area contributed by atoms with Crippen molar-refractivity contribution in [2.45, 2.75) is 0 Å². The van der Waals surface area contributed by atoms with Crippen LogP contribution >= 0.6 is 0 Å². The highest BCUT2D eigenvalue weighted by atomic mass is 16.6. The Morgan fingerprint density at radius 3 is 2.26 bits per heavy atom. The molecule has 0 radical (unpaired) electrons. The third-order valence-electron chi connectivity index (χ3n) is 2.34. The van der Waals surface area contributed by atoms with Crippen LogP contribution < -0.4 is 11.0 Å². The largest absolute Gasteiger partial charge is 0.269 e. The quantitative estimate of drug-likeness (QED) is 0.394. The molecule has 0 fully saturated rings. The molecule has 0 atom stereocenters. The molecule has 7 heteroatoms. The lowest BCUT2D eigenvalue weighted by Crippen LogP contribution is -2.23. The van der Waals surface area contributed by atoms with Gasteiger partial charge in [0.1, 0.15) is 0 Å². The standard InChI is InChI=1S/C12H11N5O2/c13-16(11-4-2-1-3-5-11)15-14-10-6-8-12(9-7-10)17(18)19/h1-9H,13H2. The zero-order valence-electron chi connectivity index (χ0n) is 9.88. The van der Waals surface area contributed by atoms with E-state index >= 15 is 0 Å². The van der Waals surface area contributed by atoms with Gasteiger partial charge in [-0.05, 0) is 24.3 Å². The molecule has 0 bridgehead atoms. The molecule has 2 rings (SSSR count). The zero-order chi connectivity index (χ0) is 13.7. The molecule has 0 heterocycles. The molecule has 0 amide bonds. The predicted molar refractivity (Wildman–Crippen MR) is 70.7 cm³/mol. The highest BCUT2D eigenvalue weighted by molar-refractivity contribution is 5.45. The van der Waals surface area contributed by atoms with Crippen molar-refractivity contribution < 1.29 is 4.92 Å². The number of hydrogen-bond donors (Lipinski definition) is 1. The zero-order valence-corrected chi connectivity index (χ0v) is 9.88. The third-order valence-corrected chi connectivity index (χ3v) is 2.34. The van der Waals surface area contributed by atoms with Gasteiger partial charge in [-0.25, -0.2) is 5.84 Å². The fourth-order valence-corrected chi connectivity index (χ4v) is 1.37. The van der Waals surface area contributed by atoms with Crippen LogP contribution in [0.2, 0.25) is 0 Å². The molecule has 0 saturated heterocycles. The number of hydrogen-bond acceptors (Lipinski definition) is 5. The molecule has 0 aromatic heterocycles. The number of non-ortho nitro benzene ring substituents is 1. The number of benzene rings is 2. The van der Waals surface area contributed by atoms with Gasteiger partial charge < -0.3 is 0 Å². The summed E-state index contributed by atoms with van der Waals surface area (Å²) >= 11 is 0. The third kappa shape index (κ3) is 3.33. The van der Waals surface area contributed by atoms with Gasteiger partial charge in [0.2, 0.25) is 0 Å². The number of nitro groups is 1. The SMILES string of the molecule is NN(N=Nc1ccc([N+](=O)[O-])cc1)c1ccccc1. The summed E-state index contributed by atoms with van der Waals surface area (Å²) in [7, 11) is 0. The molecule has 0 spiro atoms. The number of anilines is 1. The summed E-state index contributed by atoms with van der Waals surface area (Å²) in [4.78, 5) is 10.0. The van der Waals surface area contributed by atoms with E-state index in [1.807, 2.05) is 18.2 Å². The van der Waals surface area contributed by atoms with E-state index in [1.165, 1.54) is 24.3 Å². The molecule has 0 aliphatic heterocycles. The van der Waals surface area contributed by atoms with Gasteiger partial charge in [0.25, 0.3) is 5.69 Å². The van der Waals surface area contributed by atoms with Gasteiger partial charge >= 0.3 is 0 Å². The van der Waals surface area contributed by atoms with E-state index in [0.29, 0.717) is 11.4 Å². The first kappa shape index (κ1) is 12.7. The highest BCUT2D eigenvalue weighted by Gasteiger charge is 2.03. The molecule has 7 nitrogen and oxygen atoms in total. The van der Waals surface area contributed by atoms with Crippen LogP contribution in [0.15, 0.2) is 64.9 Å². The van der Waals surface area contributed by atoms with Gasteiger partial charge in [-0.2, -0.15) is 5.12 Å². The summed E-state index contributed by atoms with van der Waals surface area (Å²) in [5.74, 6) is 5.69. The van der Waals surface area contributed by atoms with Gasteiger partial charge in [0.05, 0.1) is 16.3 Å². The van der Waals surface area contributed by atoms with Crippen molar-refractivity contribution in [2.75, 3.05) is 5.12 Å². The summed E-state index contributed by atoms with van der Waals surface area (Å²) < 4.78 is 0. The van der Waals surface area contributed by atoms with Gasteiger partial charge in [0, 0.05) is 12.1 Å². The molecule has 2 N–H and O–H groups in total. The monoisotopic (exact) mass is 257 g/mol. The maximum Gasteiger partial charge on any atom is 0.269 e. The number of para-hydroxylation sites is 1. The Bertz CT molecular complexity index is 583. The minimum Gasteiger partial charge on any atom is -0.258 e. The number of rotatable bonds is 4. The van der Waals surface area contributed by atoms with E-state index < -0.39 is 4.92 Å². The average Bonchev–Trinajstić information content (AvgIpc) is 2.46. The number of nitro benzene ring substituents is 1. The fraction of sp³-hybridized carbons (Fsp3) is 0. The maximum atomic E-state index is 10.5. The number of hydrazine groups is 1. The van der Waals surface area contributed by atoms with Crippen molar-refractivity contribution in [3.8, 4) is 0 Å². The van der Waals surface area contributed by atoms with E-state index in [1.54, 1.807) is 12.1 Å². The van der Waals surface area contributed by atoms with Gasteiger partial charge in [-0.15, -0.1) is 5.11 Å². The molecule has 96 valence electrons. The van der Waals surface area contributed by atoms with Crippen LogP contribution in [0, 0.1) is 10.1 Å². The van der Waals surface area contributed by atoms with Crippen LogP contribution in [0.3, 0.4) is 0 Å². The van der Waals surface area contributed by atoms with Crippen LogP contribution in [0.1, 0.15) is 0 Å². The normalized spacial score (nSPS) is 10.6. The molecule has 2 aromatic carbocycles. The Hall–Kier alpha value is -2.80. The number of nitrogens with two attached hydrogens (primary N) is 1. The van der Waals surface area contributed by atoms with Gasteiger partial charge in [-0.3, -0.25) is 10.1 Å². The van der Waals surface area contributed by atoms with Gasteiger partial charge in [-0.1, -0.05) is 23.4 Å². The Morgan fingerprint density at radius 2 is 1.68 bits per heavy atom. The van der Waals surface area contributed by atoms with Crippen molar-refractivity contribution in [3.63, 3.8) is 0 Å². The van der Waals surface area contributed by atoms with Gasteiger partial charge in [0.15, 0.2) is 0 Å². The van der Waals surface area contributed by atoms with E-state index in [2.05, 4.69) is 10.3 Å². The second-order valence-corrected chi connectivity index (χ2v) is 3.64. The topological polar surface area (TPSA) is 97.1 Å². The summed E-state index contributed by atoms with van der Waals surface area (Å²) in [5.41, 5.74) is 1.18. The fourth-order valence-electron chi connectivity index (χ4n) is 1.37. The lowest BCUT2D eigenvalue weighted by molar-refractivity contribution is -0.384. The van der Waals surface area contributed by atoms with Crippen molar-refractivity contribution in [1.29, 1.82) is 0 Å². The molecule has 0 aliphatic rings. The van der Waals surface area contributed by atoms with Crippen molar-refractivity contribution in [2.24, 2.45) is 16.2 Å². The minimum atomic E-state index is -0.472. The first-order valence-corrected chi connectivity index (χ1v) is 5.43. The minimum absolute atomic E-state index is 0.00612. The van der Waals surface area contributed by atoms with E-state index in [9.17, 15) is 10.1 Å². The molecule has 0 unspecified atom stereocenters. The predicted octanol–water partition coefficient (Wildman–Crippen LogP) is 2.97. The molecule has 19 heavy (non-hydrogen) atoms. The summed E-state index contributed by atoms with van der Waals surface area (Å²) in [6.45, 7) is 0. The van der Waals surface area contributed by atoms with Crippen LogP contribution in [0.25, 0.3) is 0 Å². The first-order chi connectivity index (χ1) is 9.16. The Kier molecular flexibility index (Phi) is 3.79. The average molecular weight is 257 g/mol. The van der Waals surface area contributed by atoms with Crippen molar-refractivity contribution in [3.05, 3.63) is 64.7 Å². The van der Waals surface area contributed by atoms with E-state index in [0.717, 1.165) is 5.12 Å². The Labute approximate surface area is 109 Å². The second kappa shape index (κ2) is 5.69. The smallest absolute Gasteiger partial charge is 0.258 e. The molecular formula is C12H11N5O2. The summed E-state index contributed by atoms with van der Waals surface area (Å²) in [6.07, 6.45) is 0. The molecule has 2 aromatic rings. The molecule has 0 aliphatic carbocycles. The maximum absolute atomic E-state index is 10.5. The lowest BCUT2D eigenvalue weighted by Gasteiger charge is -2.09. The molecule has 0 saturated carbocycles.